The Bertz CT molecular complexity index is 873. The fourth-order valence-electron chi connectivity index (χ4n) is 2.22. The van der Waals surface area contributed by atoms with E-state index in [2.05, 4.69) is 11.4 Å². The number of rotatable bonds is 3. The summed E-state index contributed by atoms with van der Waals surface area (Å²) in [7, 11) is 0. The van der Waals surface area contributed by atoms with Crippen molar-refractivity contribution in [2.24, 2.45) is 0 Å². The van der Waals surface area contributed by atoms with Gasteiger partial charge in [-0.05, 0) is 0 Å². The summed E-state index contributed by atoms with van der Waals surface area (Å²) in [6.07, 6.45) is 2.04. The number of halogens is 2. The number of hydrogen-bond acceptors (Lipinski definition) is 2. The second-order valence-corrected chi connectivity index (χ2v) is 8.09. The Balaban J connectivity index is 2.18. The van der Waals surface area contributed by atoms with Gasteiger partial charge in [-0.25, -0.2) is 0 Å². The van der Waals surface area contributed by atoms with E-state index >= 15 is 0 Å². The van der Waals surface area contributed by atoms with Crippen LogP contribution in [-0.2, 0) is 0 Å². The van der Waals surface area contributed by atoms with Crippen LogP contribution in [0.4, 0.5) is 8.78 Å². The van der Waals surface area contributed by atoms with Gasteiger partial charge in [-0.3, -0.25) is 0 Å². The van der Waals surface area contributed by atoms with Crippen molar-refractivity contribution in [2.45, 2.75) is 0 Å². The van der Waals surface area contributed by atoms with Crippen LogP contribution >= 0.6 is 0 Å². The average Bonchev–Trinajstić information content (AvgIpc) is 2.91. The number of fused-ring (bicyclic) bond motifs is 1. The molecule has 0 N–H and O–H groups in total. The molecule has 0 saturated carbocycles. The summed E-state index contributed by atoms with van der Waals surface area (Å²) in [6.45, 7) is 0. The Hall–Kier alpha value is -1.77. The van der Waals surface area contributed by atoms with E-state index in [1.54, 1.807) is 18.5 Å². The van der Waals surface area contributed by atoms with Crippen LogP contribution in [0, 0.1) is 11.6 Å². The third kappa shape index (κ3) is 2.46. The molecule has 0 bridgehead atoms. The van der Waals surface area contributed by atoms with Gasteiger partial charge in [-0.2, -0.15) is 0 Å². The van der Waals surface area contributed by atoms with Crippen molar-refractivity contribution >= 4 is 45.4 Å². The monoisotopic (exact) mass is 476 g/mol. The van der Waals surface area contributed by atoms with Crippen LogP contribution in [-0.4, -0.2) is 41.8 Å². The number of carbonyl (C=O) groups excluding carboxylic acids is 1. The molecule has 3 rings (SSSR count). The first-order valence-corrected chi connectivity index (χ1v) is 11.4. The number of benzene rings is 2. The van der Waals surface area contributed by atoms with Crippen LogP contribution in [0.25, 0.3) is 22.2 Å². The predicted molar refractivity (Wildman–Crippen MR) is 78.7 cm³/mol. The Morgan fingerprint density at radius 1 is 1.19 bits per heavy atom. The molecule has 0 aliphatic rings. The van der Waals surface area contributed by atoms with Crippen LogP contribution < -0.4 is 0 Å². The molecule has 0 aliphatic carbocycles. The van der Waals surface area contributed by atoms with Crippen LogP contribution in [0.3, 0.4) is 0 Å². The van der Waals surface area contributed by atoms with Crippen LogP contribution in [0.1, 0.15) is 10.4 Å². The maximum absolute atomic E-state index is 14.0. The number of imidazole rings is 1. The molecule has 21 heavy (non-hydrogen) atoms. The van der Waals surface area contributed by atoms with Crippen molar-refractivity contribution in [1.29, 1.82) is 0 Å². The average molecular weight is 476 g/mol. The standard InChI is InChI=1S/C14H8F2N2O.CH2.Tl/c15-11-5-10(12(16)3-9(11)6-19)8-1-2-13-14(4-8)18-7-17-13;;/h1-7H,(H,17,18,19);1H2;/q;;+1/p-1. The molecule has 0 spiro atoms. The van der Waals surface area contributed by atoms with Crippen molar-refractivity contribution in [3.8, 4) is 11.1 Å². The second kappa shape index (κ2) is 5.55. The molecule has 0 aliphatic heterocycles. The van der Waals surface area contributed by atoms with Gasteiger partial charge in [-0.15, -0.1) is 0 Å². The van der Waals surface area contributed by atoms with Crippen molar-refractivity contribution < 1.29 is 13.6 Å². The van der Waals surface area contributed by atoms with E-state index < -0.39 is 35.7 Å². The van der Waals surface area contributed by atoms with Gasteiger partial charge in [0.05, 0.1) is 0 Å². The van der Waals surface area contributed by atoms with Gasteiger partial charge in [0.25, 0.3) is 0 Å². The number of hydrogen-bond donors (Lipinski definition) is 0. The quantitative estimate of drug-likeness (QED) is 0.431. The maximum atomic E-state index is 14.0. The van der Waals surface area contributed by atoms with E-state index in [4.69, 9.17) is 0 Å². The number of carbonyl (C=O) groups is 1. The molecule has 1 heterocycles. The topological polar surface area (TPSA) is 34.9 Å². The molecule has 0 atom stereocenters. The molecule has 102 valence electrons. The molecule has 3 nitrogen and oxygen atoms in total. The fourth-order valence-corrected chi connectivity index (χ4v) is 4.46. The minimum absolute atomic E-state index is 0.118. The first kappa shape index (κ1) is 14.2. The van der Waals surface area contributed by atoms with Gasteiger partial charge in [0.2, 0.25) is 0 Å². The van der Waals surface area contributed by atoms with E-state index in [9.17, 15) is 13.6 Å². The van der Waals surface area contributed by atoms with Gasteiger partial charge < -0.3 is 0 Å². The zero-order chi connectivity index (χ0) is 15.0. The SMILES string of the molecule is [CH2]=[Tl][n]1cnc2cc(-c3cc(F)c(C=O)cc3F)ccc21. The van der Waals surface area contributed by atoms with E-state index in [1.165, 1.54) is 0 Å². The van der Waals surface area contributed by atoms with Crippen LogP contribution in [0.5, 0.6) is 0 Å². The summed E-state index contributed by atoms with van der Waals surface area (Å²) < 4.78 is 33.7. The summed E-state index contributed by atoms with van der Waals surface area (Å²) in [6, 6.07) is 7.22. The summed E-state index contributed by atoms with van der Waals surface area (Å²) in [4.78, 5) is 14.9. The molecule has 2 aromatic carbocycles. The number of aromatic nitrogens is 2. The molecule has 0 amide bonds. The summed E-state index contributed by atoms with van der Waals surface area (Å²) in [5, 5.41) is 0. The van der Waals surface area contributed by atoms with Crippen LogP contribution in [0.2, 0.25) is 0 Å². The Kier molecular flexibility index (Phi) is 3.75. The Morgan fingerprint density at radius 2 is 2.00 bits per heavy atom. The third-order valence-corrected chi connectivity index (χ3v) is 6.42. The summed E-state index contributed by atoms with van der Waals surface area (Å²) >= 11 is -1.25. The summed E-state index contributed by atoms with van der Waals surface area (Å²) in [5.74, 6) is -1.37. The zero-order valence-corrected chi connectivity index (χ0v) is 15.4. The molecule has 0 saturated heterocycles. The molecule has 0 fully saturated rings. The zero-order valence-electron chi connectivity index (χ0n) is 10.9. The Labute approximate surface area is 131 Å². The first-order chi connectivity index (χ1) is 10.1. The first-order valence-electron chi connectivity index (χ1n) is 6.18. The van der Waals surface area contributed by atoms with Crippen molar-refractivity contribution in [3.63, 3.8) is 0 Å². The molecule has 6 heteroatoms. The predicted octanol–water partition coefficient (Wildman–Crippen LogP) is 2.69. The minimum atomic E-state index is -1.25. The van der Waals surface area contributed by atoms with Gasteiger partial charge >= 0.3 is 131 Å². The van der Waals surface area contributed by atoms with Gasteiger partial charge in [0.1, 0.15) is 0 Å². The fraction of sp³-hybridized carbons (Fsp3) is 0. The number of nitrogens with zero attached hydrogens (tertiary/aromatic N) is 2. The molecular formula is C15H9F2N2OTl. The van der Waals surface area contributed by atoms with Gasteiger partial charge in [-0.1, -0.05) is 0 Å². The summed E-state index contributed by atoms with van der Waals surface area (Å²) in [5.41, 5.74) is 2.06. The van der Waals surface area contributed by atoms with E-state index in [0.717, 1.165) is 23.2 Å². The normalized spacial score (nSPS) is 10.6. The van der Waals surface area contributed by atoms with E-state index in [0.29, 0.717) is 11.8 Å². The van der Waals surface area contributed by atoms with Crippen molar-refractivity contribution in [3.05, 3.63) is 53.9 Å². The number of aldehydes is 1. The van der Waals surface area contributed by atoms with Crippen LogP contribution in [0.15, 0.2) is 36.7 Å². The molecule has 1 aromatic heterocycles. The molecule has 0 radical (unpaired) electrons. The Morgan fingerprint density at radius 3 is 2.71 bits per heavy atom. The second-order valence-electron chi connectivity index (χ2n) is 4.51. The third-order valence-electron chi connectivity index (χ3n) is 3.30. The molecular weight excluding hydrogens is 467 g/mol. The van der Waals surface area contributed by atoms with Gasteiger partial charge in [0, 0.05) is 0 Å². The molecule has 0 unspecified atom stereocenters. The van der Waals surface area contributed by atoms with Crippen molar-refractivity contribution in [2.75, 3.05) is 0 Å². The van der Waals surface area contributed by atoms with E-state index in [-0.39, 0.29) is 11.1 Å². The van der Waals surface area contributed by atoms with E-state index in [1.807, 2.05) is 6.07 Å². The molecule has 3 aromatic rings. The van der Waals surface area contributed by atoms with Gasteiger partial charge in [0.15, 0.2) is 0 Å². The van der Waals surface area contributed by atoms with Crippen molar-refractivity contribution in [1.82, 2.24) is 7.36 Å².